The molecule has 0 spiro atoms. The molecule has 0 saturated carbocycles. The van der Waals surface area contributed by atoms with Crippen LogP contribution in [0, 0.1) is 0 Å². The molecular formula is C21H26N2O4. The number of piperazine rings is 1. The summed E-state index contributed by atoms with van der Waals surface area (Å²) in [6.07, 6.45) is 0. The number of ether oxygens (including phenoxy) is 3. The zero-order valence-corrected chi connectivity index (χ0v) is 15.9. The largest absolute Gasteiger partial charge is 0.495 e. The molecule has 0 unspecified atom stereocenters. The molecule has 0 atom stereocenters. The maximum Gasteiger partial charge on any atom is 0.260 e. The zero-order valence-electron chi connectivity index (χ0n) is 15.9. The predicted molar refractivity (Wildman–Crippen MR) is 105 cm³/mol. The predicted octanol–water partition coefficient (Wildman–Crippen LogP) is 2.82. The molecule has 27 heavy (non-hydrogen) atoms. The van der Waals surface area contributed by atoms with Crippen LogP contribution in [0.1, 0.15) is 6.92 Å². The second-order valence-electron chi connectivity index (χ2n) is 6.21. The van der Waals surface area contributed by atoms with Crippen LogP contribution in [0.2, 0.25) is 0 Å². The molecule has 1 saturated heterocycles. The molecule has 1 amide bonds. The highest BCUT2D eigenvalue weighted by molar-refractivity contribution is 5.78. The van der Waals surface area contributed by atoms with Crippen molar-refractivity contribution in [2.75, 3.05) is 51.4 Å². The Morgan fingerprint density at radius 3 is 2.11 bits per heavy atom. The number of methoxy groups -OCH3 is 1. The summed E-state index contributed by atoms with van der Waals surface area (Å²) >= 11 is 0. The first-order valence-electron chi connectivity index (χ1n) is 9.23. The van der Waals surface area contributed by atoms with E-state index in [0.717, 1.165) is 24.5 Å². The molecule has 6 nitrogen and oxygen atoms in total. The highest BCUT2D eigenvalue weighted by Crippen LogP contribution is 2.29. The summed E-state index contributed by atoms with van der Waals surface area (Å²) in [5.41, 5.74) is 1.06. The first-order chi connectivity index (χ1) is 13.2. The van der Waals surface area contributed by atoms with Gasteiger partial charge in [0.25, 0.3) is 5.91 Å². The fraction of sp³-hybridized carbons (Fsp3) is 0.381. The molecule has 1 aliphatic rings. The minimum atomic E-state index is -0.0130. The summed E-state index contributed by atoms with van der Waals surface area (Å²) in [5.74, 6) is 2.10. The fourth-order valence-electron chi connectivity index (χ4n) is 3.16. The van der Waals surface area contributed by atoms with Crippen LogP contribution in [0.4, 0.5) is 5.69 Å². The molecule has 1 aliphatic heterocycles. The third kappa shape index (κ3) is 4.64. The van der Waals surface area contributed by atoms with Crippen LogP contribution in [0.5, 0.6) is 17.2 Å². The second kappa shape index (κ2) is 9.16. The Balaban J connectivity index is 1.53. The van der Waals surface area contributed by atoms with Gasteiger partial charge < -0.3 is 24.0 Å². The van der Waals surface area contributed by atoms with E-state index in [1.807, 2.05) is 60.4 Å². The van der Waals surface area contributed by atoms with E-state index in [1.54, 1.807) is 7.11 Å². The Morgan fingerprint density at radius 2 is 1.48 bits per heavy atom. The van der Waals surface area contributed by atoms with E-state index in [1.165, 1.54) is 0 Å². The first-order valence-corrected chi connectivity index (χ1v) is 9.23. The molecule has 6 heteroatoms. The SMILES string of the molecule is CCOc1ccccc1OCC(=O)N1CCN(c2ccccc2OC)CC1. The van der Waals surface area contributed by atoms with Crippen molar-refractivity contribution in [3.8, 4) is 17.2 Å². The molecule has 0 aromatic heterocycles. The Bertz CT molecular complexity index is 757. The highest BCUT2D eigenvalue weighted by Gasteiger charge is 2.23. The molecule has 2 aromatic rings. The van der Waals surface area contributed by atoms with Crippen LogP contribution in [0.3, 0.4) is 0 Å². The van der Waals surface area contributed by atoms with Gasteiger partial charge in [0.1, 0.15) is 5.75 Å². The summed E-state index contributed by atoms with van der Waals surface area (Å²) in [5, 5.41) is 0. The summed E-state index contributed by atoms with van der Waals surface area (Å²) in [6, 6.07) is 15.4. The lowest BCUT2D eigenvalue weighted by atomic mass is 10.2. The minimum absolute atomic E-state index is 0.0126. The number of nitrogens with zero attached hydrogens (tertiary/aromatic N) is 2. The van der Waals surface area contributed by atoms with E-state index >= 15 is 0 Å². The summed E-state index contributed by atoms with van der Waals surface area (Å²) in [4.78, 5) is 16.6. The molecule has 1 heterocycles. The molecular weight excluding hydrogens is 344 g/mol. The van der Waals surface area contributed by atoms with Gasteiger partial charge in [-0.05, 0) is 31.2 Å². The number of hydrogen-bond donors (Lipinski definition) is 0. The third-order valence-corrected chi connectivity index (χ3v) is 4.56. The topological polar surface area (TPSA) is 51.2 Å². The smallest absolute Gasteiger partial charge is 0.260 e. The van der Waals surface area contributed by atoms with Crippen molar-refractivity contribution >= 4 is 11.6 Å². The van der Waals surface area contributed by atoms with Crippen LogP contribution in [-0.2, 0) is 4.79 Å². The van der Waals surface area contributed by atoms with Crippen LogP contribution in [0.25, 0.3) is 0 Å². The van der Waals surface area contributed by atoms with Crippen molar-refractivity contribution < 1.29 is 19.0 Å². The number of anilines is 1. The monoisotopic (exact) mass is 370 g/mol. The molecule has 144 valence electrons. The van der Waals surface area contributed by atoms with Crippen molar-refractivity contribution in [1.29, 1.82) is 0 Å². The number of para-hydroxylation sites is 4. The average molecular weight is 370 g/mol. The van der Waals surface area contributed by atoms with E-state index in [-0.39, 0.29) is 12.5 Å². The fourth-order valence-corrected chi connectivity index (χ4v) is 3.16. The minimum Gasteiger partial charge on any atom is -0.495 e. The van der Waals surface area contributed by atoms with E-state index in [4.69, 9.17) is 14.2 Å². The van der Waals surface area contributed by atoms with Gasteiger partial charge >= 0.3 is 0 Å². The van der Waals surface area contributed by atoms with Gasteiger partial charge in [0.15, 0.2) is 18.1 Å². The van der Waals surface area contributed by atoms with Crippen molar-refractivity contribution in [1.82, 2.24) is 4.90 Å². The maximum atomic E-state index is 12.5. The first kappa shape index (κ1) is 18.9. The van der Waals surface area contributed by atoms with Gasteiger partial charge in [-0.25, -0.2) is 0 Å². The Labute approximate surface area is 160 Å². The standard InChI is InChI=1S/C21H26N2O4/c1-3-26-19-10-6-7-11-20(19)27-16-21(24)23-14-12-22(13-15-23)17-8-4-5-9-18(17)25-2/h4-11H,3,12-16H2,1-2H3. The molecule has 2 aromatic carbocycles. The number of carbonyl (C=O) groups excluding carboxylic acids is 1. The lowest BCUT2D eigenvalue weighted by molar-refractivity contribution is -0.133. The molecule has 0 bridgehead atoms. The zero-order chi connectivity index (χ0) is 19.1. The molecule has 0 radical (unpaired) electrons. The van der Waals surface area contributed by atoms with Gasteiger partial charge in [-0.1, -0.05) is 24.3 Å². The number of benzene rings is 2. The van der Waals surface area contributed by atoms with Crippen LogP contribution < -0.4 is 19.1 Å². The molecule has 0 N–H and O–H groups in total. The molecule has 3 rings (SSSR count). The quantitative estimate of drug-likeness (QED) is 0.750. The Kier molecular flexibility index (Phi) is 6.41. The summed E-state index contributed by atoms with van der Waals surface area (Å²) in [6.45, 7) is 5.34. The third-order valence-electron chi connectivity index (χ3n) is 4.56. The lowest BCUT2D eigenvalue weighted by Gasteiger charge is -2.36. The van der Waals surface area contributed by atoms with Gasteiger partial charge in [-0.15, -0.1) is 0 Å². The second-order valence-corrected chi connectivity index (χ2v) is 6.21. The van der Waals surface area contributed by atoms with Crippen LogP contribution in [0.15, 0.2) is 48.5 Å². The number of amides is 1. The van der Waals surface area contributed by atoms with Gasteiger partial charge in [-0.2, -0.15) is 0 Å². The van der Waals surface area contributed by atoms with Gasteiger partial charge in [0.2, 0.25) is 0 Å². The van der Waals surface area contributed by atoms with Crippen molar-refractivity contribution in [3.63, 3.8) is 0 Å². The highest BCUT2D eigenvalue weighted by atomic mass is 16.5. The van der Waals surface area contributed by atoms with E-state index in [0.29, 0.717) is 31.2 Å². The number of hydrogen-bond acceptors (Lipinski definition) is 5. The van der Waals surface area contributed by atoms with E-state index in [2.05, 4.69) is 4.90 Å². The van der Waals surface area contributed by atoms with Crippen molar-refractivity contribution in [2.45, 2.75) is 6.92 Å². The van der Waals surface area contributed by atoms with Crippen molar-refractivity contribution in [3.05, 3.63) is 48.5 Å². The average Bonchev–Trinajstić information content (AvgIpc) is 2.73. The van der Waals surface area contributed by atoms with Gasteiger partial charge in [-0.3, -0.25) is 4.79 Å². The van der Waals surface area contributed by atoms with Crippen LogP contribution >= 0.6 is 0 Å². The number of rotatable bonds is 7. The summed E-state index contributed by atoms with van der Waals surface area (Å²) in [7, 11) is 1.68. The van der Waals surface area contributed by atoms with Crippen LogP contribution in [-0.4, -0.2) is 57.3 Å². The number of carbonyl (C=O) groups is 1. The lowest BCUT2D eigenvalue weighted by Crippen LogP contribution is -2.50. The Morgan fingerprint density at radius 1 is 0.889 bits per heavy atom. The van der Waals surface area contributed by atoms with Gasteiger partial charge in [0.05, 0.1) is 19.4 Å². The summed E-state index contributed by atoms with van der Waals surface area (Å²) < 4.78 is 16.7. The van der Waals surface area contributed by atoms with Crippen molar-refractivity contribution in [2.24, 2.45) is 0 Å². The molecule has 0 aliphatic carbocycles. The normalized spacial score (nSPS) is 14.0. The maximum absolute atomic E-state index is 12.5. The van der Waals surface area contributed by atoms with E-state index in [9.17, 15) is 4.79 Å². The van der Waals surface area contributed by atoms with Gasteiger partial charge in [0, 0.05) is 26.2 Å². The van der Waals surface area contributed by atoms with E-state index < -0.39 is 0 Å². The molecule has 1 fully saturated rings. The Hall–Kier alpha value is -2.89.